The van der Waals surface area contributed by atoms with Crippen LogP contribution >= 0.6 is 11.8 Å². The van der Waals surface area contributed by atoms with Crippen molar-refractivity contribution in [3.63, 3.8) is 0 Å². The number of nitrogens with one attached hydrogen (secondary N) is 1. The summed E-state index contributed by atoms with van der Waals surface area (Å²) in [6, 6.07) is 10.6. The van der Waals surface area contributed by atoms with Gasteiger partial charge in [-0.05, 0) is 29.8 Å². The van der Waals surface area contributed by atoms with E-state index in [9.17, 15) is 13.6 Å². The molecule has 0 aliphatic heterocycles. The van der Waals surface area contributed by atoms with Gasteiger partial charge in [0.25, 0.3) is 0 Å². The highest BCUT2D eigenvalue weighted by atomic mass is 32.2. The fraction of sp³-hybridized carbons (Fsp3) is 0.211. The molecule has 0 atom stereocenters. The number of carbonyl (C=O) groups is 1. The van der Waals surface area contributed by atoms with Crippen molar-refractivity contribution in [1.29, 1.82) is 0 Å². The number of thioether (sulfide) groups is 1. The minimum atomic E-state index is -0.821. The van der Waals surface area contributed by atoms with Gasteiger partial charge in [0.05, 0.1) is 18.6 Å². The Morgan fingerprint density at radius 1 is 1.18 bits per heavy atom. The number of aromatic nitrogens is 3. The van der Waals surface area contributed by atoms with E-state index in [1.165, 1.54) is 17.8 Å². The Labute approximate surface area is 164 Å². The van der Waals surface area contributed by atoms with Gasteiger partial charge < -0.3 is 14.6 Å². The summed E-state index contributed by atoms with van der Waals surface area (Å²) in [5, 5.41) is 11.2. The normalized spacial score (nSPS) is 10.7. The molecule has 0 radical (unpaired) electrons. The number of methoxy groups -OCH3 is 1. The van der Waals surface area contributed by atoms with Gasteiger partial charge in [-0.3, -0.25) is 4.79 Å². The molecule has 0 fully saturated rings. The molecule has 2 aromatic carbocycles. The van der Waals surface area contributed by atoms with Gasteiger partial charge in [-0.1, -0.05) is 23.9 Å². The first kappa shape index (κ1) is 19.8. The van der Waals surface area contributed by atoms with Crippen LogP contribution in [0.3, 0.4) is 0 Å². The maximum Gasteiger partial charge on any atom is 0.234 e. The molecule has 0 aliphatic carbocycles. The average molecular weight is 404 g/mol. The highest BCUT2D eigenvalue weighted by molar-refractivity contribution is 7.99. The molecule has 146 valence electrons. The number of anilines is 1. The van der Waals surface area contributed by atoms with Gasteiger partial charge in [-0.15, -0.1) is 10.2 Å². The van der Waals surface area contributed by atoms with Gasteiger partial charge in [0, 0.05) is 19.5 Å². The van der Waals surface area contributed by atoms with Crippen LogP contribution in [0.1, 0.15) is 11.4 Å². The number of amides is 1. The van der Waals surface area contributed by atoms with Crippen LogP contribution in [0.5, 0.6) is 5.75 Å². The van der Waals surface area contributed by atoms with Crippen LogP contribution in [-0.2, 0) is 18.3 Å². The summed E-state index contributed by atoms with van der Waals surface area (Å²) >= 11 is 1.18. The van der Waals surface area contributed by atoms with Crippen LogP contribution in [0.2, 0.25) is 0 Å². The monoisotopic (exact) mass is 404 g/mol. The Morgan fingerprint density at radius 3 is 2.61 bits per heavy atom. The molecule has 6 nitrogen and oxygen atoms in total. The SMILES string of the molecule is COc1ccc(Cc2nnc(SCC(=O)Nc3ccc(F)cc3F)n2C)cc1. The highest BCUT2D eigenvalue weighted by Crippen LogP contribution is 2.20. The van der Waals surface area contributed by atoms with Crippen LogP contribution in [0.25, 0.3) is 0 Å². The third-order valence-corrected chi connectivity index (χ3v) is 5.00. The molecule has 3 rings (SSSR count). The van der Waals surface area contributed by atoms with E-state index in [1.807, 2.05) is 31.3 Å². The third kappa shape index (κ3) is 4.86. The molecule has 0 unspecified atom stereocenters. The maximum atomic E-state index is 13.6. The second-order valence-corrected chi connectivity index (χ2v) is 6.89. The number of benzene rings is 2. The van der Waals surface area contributed by atoms with Gasteiger partial charge in [0.2, 0.25) is 5.91 Å². The smallest absolute Gasteiger partial charge is 0.234 e. The average Bonchev–Trinajstić information content (AvgIpc) is 3.02. The van der Waals surface area contributed by atoms with Crippen LogP contribution < -0.4 is 10.1 Å². The van der Waals surface area contributed by atoms with Crippen molar-refractivity contribution in [2.75, 3.05) is 18.2 Å². The summed E-state index contributed by atoms with van der Waals surface area (Å²) in [6.45, 7) is 0. The second-order valence-electron chi connectivity index (χ2n) is 5.94. The van der Waals surface area contributed by atoms with E-state index in [2.05, 4.69) is 15.5 Å². The van der Waals surface area contributed by atoms with Crippen molar-refractivity contribution < 1.29 is 18.3 Å². The maximum absolute atomic E-state index is 13.6. The van der Waals surface area contributed by atoms with Crippen molar-refractivity contribution in [2.45, 2.75) is 11.6 Å². The number of halogens is 2. The minimum Gasteiger partial charge on any atom is -0.497 e. The third-order valence-electron chi connectivity index (χ3n) is 3.98. The second kappa shape index (κ2) is 8.83. The molecule has 9 heteroatoms. The summed E-state index contributed by atoms with van der Waals surface area (Å²) < 4.78 is 33.5. The molecular formula is C19H18F2N4O2S. The quantitative estimate of drug-likeness (QED) is 0.611. The Morgan fingerprint density at radius 2 is 1.93 bits per heavy atom. The van der Waals surface area contributed by atoms with E-state index in [0.717, 1.165) is 29.3 Å². The Bertz CT molecular complexity index is 977. The van der Waals surface area contributed by atoms with E-state index >= 15 is 0 Å². The van der Waals surface area contributed by atoms with E-state index in [4.69, 9.17) is 4.74 Å². The standard InChI is InChI=1S/C19H18F2N4O2S/c1-25-17(9-12-3-6-14(27-2)7-4-12)23-24-19(25)28-11-18(26)22-16-8-5-13(20)10-15(16)21/h3-8,10H,9,11H2,1-2H3,(H,22,26). The molecule has 0 spiro atoms. The number of ether oxygens (including phenoxy) is 1. The van der Waals surface area contributed by atoms with E-state index in [1.54, 1.807) is 11.7 Å². The lowest BCUT2D eigenvalue weighted by Crippen LogP contribution is -2.15. The summed E-state index contributed by atoms with van der Waals surface area (Å²) in [6.07, 6.45) is 0.584. The fourth-order valence-corrected chi connectivity index (χ4v) is 3.19. The first-order valence-electron chi connectivity index (χ1n) is 8.35. The lowest BCUT2D eigenvalue weighted by atomic mass is 10.1. The van der Waals surface area contributed by atoms with Crippen LogP contribution in [0, 0.1) is 11.6 Å². The zero-order valence-corrected chi connectivity index (χ0v) is 16.1. The highest BCUT2D eigenvalue weighted by Gasteiger charge is 2.13. The zero-order valence-electron chi connectivity index (χ0n) is 15.3. The minimum absolute atomic E-state index is 0.0192. The van der Waals surface area contributed by atoms with Crippen molar-refractivity contribution >= 4 is 23.4 Å². The summed E-state index contributed by atoms with van der Waals surface area (Å²) in [5.74, 6) is -0.396. The van der Waals surface area contributed by atoms with E-state index < -0.39 is 17.5 Å². The van der Waals surface area contributed by atoms with Crippen LogP contribution in [-0.4, -0.2) is 33.5 Å². The Balaban J connectivity index is 1.58. The largest absolute Gasteiger partial charge is 0.497 e. The summed E-state index contributed by atoms with van der Waals surface area (Å²) in [4.78, 5) is 12.0. The zero-order chi connectivity index (χ0) is 20.1. The predicted molar refractivity (Wildman–Crippen MR) is 103 cm³/mol. The number of carbonyl (C=O) groups excluding carboxylic acids is 1. The molecule has 0 bridgehead atoms. The number of hydrogen-bond donors (Lipinski definition) is 1. The molecule has 3 aromatic rings. The first-order chi connectivity index (χ1) is 13.5. The number of nitrogens with zero attached hydrogens (tertiary/aromatic N) is 3. The lowest BCUT2D eigenvalue weighted by molar-refractivity contribution is -0.113. The van der Waals surface area contributed by atoms with Crippen molar-refractivity contribution in [2.24, 2.45) is 7.05 Å². The first-order valence-corrected chi connectivity index (χ1v) is 9.33. The Hall–Kier alpha value is -2.94. The van der Waals surface area contributed by atoms with Gasteiger partial charge in [0.1, 0.15) is 23.2 Å². The lowest BCUT2D eigenvalue weighted by Gasteiger charge is -2.07. The molecule has 28 heavy (non-hydrogen) atoms. The van der Waals surface area contributed by atoms with Crippen LogP contribution in [0.15, 0.2) is 47.6 Å². The summed E-state index contributed by atoms with van der Waals surface area (Å²) in [5.41, 5.74) is 0.988. The van der Waals surface area contributed by atoms with E-state index in [-0.39, 0.29) is 11.4 Å². The van der Waals surface area contributed by atoms with Gasteiger partial charge in [-0.2, -0.15) is 0 Å². The number of hydrogen-bond acceptors (Lipinski definition) is 5. The molecule has 1 N–H and O–H groups in total. The van der Waals surface area contributed by atoms with Crippen molar-refractivity contribution in [3.05, 3.63) is 65.5 Å². The van der Waals surface area contributed by atoms with Gasteiger partial charge in [0.15, 0.2) is 5.16 Å². The molecule has 0 saturated heterocycles. The van der Waals surface area contributed by atoms with E-state index in [0.29, 0.717) is 11.6 Å². The fourth-order valence-electron chi connectivity index (χ4n) is 2.46. The van der Waals surface area contributed by atoms with Crippen molar-refractivity contribution in [1.82, 2.24) is 14.8 Å². The van der Waals surface area contributed by atoms with Crippen molar-refractivity contribution in [3.8, 4) is 5.75 Å². The number of rotatable bonds is 7. The molecule has 1 aromatic heterocycles. The molecule has 1 heterocycles. The van der Waals surface area contributed by atoms with Gasteiger partial charge >= 0.3 is 0 Å². The molecule has 0 aliphatic rings. The molecule has 1 amide bonds. The topological polar surface area (TPSA) is 69.0 Å². The Kier molecular flexibility index (Phi) is 6.25. The summed E-state index contributed by atoms with van der Waals surface area (Å²) in [7, 11) is 3.43. The van der Waals surface area contributed by atoms with Gasteiger partial charge in [-0.25, -0.2) is 8.78 Å². The molecular weight excluding hydrogens is 386 g/mol. The predicted octanol–water partition coefficient (Wildman–Crippen LogP) is 3.42. The molecule has 0 saturated carbocycles. The van der Waals surface area contributed by atoms with Crippen LogP contribution in [0.4, 0.5) is 14.5 Å².